The molecule has 2 rings (SSSR count). The van der Waals surface area contributed by atoms with Crippen molar-refractivity contribution in [1.82, 2.24) is 0 Å². The van der Waals surface area contributed by atoms with Crippen LogP contribution in [0.15, 0.2) is 18.2 Å². The van der Waals surface area contributed by atoms with E-state index in [0.717, 1.165) is 5.56 Å². The number of benzene rings is 1. The van der Waals surface area contributed by atoms with E-state index in [4.69, 9.17) is 10.5 Å². The van der Waals surface area contributed by atoms with Crippen molar-refractivity contribution < 1.29 is 14.6 Å². The van der Waals surface area contributed by atoms with Crippen molar-refractivity contribution >= 4 is 11.6 Å². The molecule has 5 nitrogen and oxygen atoms in total. The molecule has 1 aliphatic heterocycles. The van der Waals surface area contributed by atoms with Crippen molar-refractivity contribution in [2.75, 3.05) is 25.1 Å². The number of nitrogens with zero attached hydrogens (tertiary/aromatic N) is 1. The minimum atomic E-state index is -0.687. The number of anilines is 1. The van der Waals surface area contributed by atoms with Crippen LogP contribution in [0.25, 0.3) is 0 Å². The Morgan fingerprint density at radius 3 is 2.84 bits per heavy atom. The number of aliphatic hydroxyl groups excluding tert-OH is 1. The first-order valence-corrected chi connectivity index (χ1v) is 6.28. The number of amides is 1. The molecule has 19 heavy (non-hydrogen) atoms. The second-order valence-corrected chi connectivity index (χ2v) is 5.56. The Morgan fingerprint density at radius 1 is 1.53 bits per heavy atom. The van der Waals surface area contributed by atoms with Crippen LogP contribution in [0.2, 0.25) is 0 Å². The molecule has 0 saturated heterocycles. The van der Waals surface area contributed by atoms with Crippen LogP contribution in [0.4, 0.5) is 5.69 Å². The summed E-state index contributed by atoms with van der Waals surface area (Å²) < 4.78 is 5.36. The van der Waals surface area contributed by atoms with Crippen LogP contribution in [-0.2, 0) is 4.79 Å². The third-order valence-corrected chi connectivity index (χ3v) is 3.65. The zero-order chi connectivity index (χ0) is 14.2. The number of hydrogen-bond donors (Lipinski definition) is 2. The SMILES string of the molecule is CN1C(=O)COc2ccc(C(O)C(C)(C)CN)cc21. The molecule has 0 fully saturated rings. The van der Waals surface area contributed by atoms with E-state index in [1.807, 2.05) is 19.9 Å². The van der Waals surface area contributed by atoms with E-state index in [2.05, 4.69) is 0 Å². The quantitative estimate of drug-likeness (QED) is 0.856. The summed E-state index contributed by atoms with van der Waals surface area (Å²) in [7, 11) is 1.70. The van der Waals surface area contributed by atoms with Crippen LogP contribution in [-0.4, -0.2) is 31.2 Å². The van der Waals surface area contributed by atoms with E-state index in [1.165, 1.54) is 0 Å². The van der Waals surface area contributed by atoms with Crippen molar-refractivity contribution in [3.63, 3.8) is 0 Å². The van der Waals surface area contributed by atoms with Crippen molar-refractivity contribution in [2.45, 2.75) is 20.0 Å². The Morgan fingerprint density at radius 2 is 2.21 bits per heavy atom. The molecule has 1 atom stereocenters. The summed E-state index contributed by atoms with van der Waals surface area (Å²) in [5.74, 6) is 0.556. The first-order valence-electron chi connectivity index (χ1n) is 6.28. The van der Waals surface area contributed by atoms with Gasteiger partial charge in [-0.25, -0.2) is 0 Å². The van der Waals surface area contributed by atoms with Crippen LogP contribution in [0.3, 0.4) is 0 Å². The van der Waals surface area contributed by atoms with E-state index in [-0.39, 0.29) is 12.5 Å². The van der Waals surface area contributed by atoms with Crippen molar-refractivity contribution in [2.24, 2.45) is 11.1 Å². The summed E-state index contributed by atoms with van der Waals surface area (Å²) in [5.41, 5.74) is 6.67. The fraction of sp³-hybridized carbons (Fsp3) is 0.500. The molecule has 1 unspecified atom stereocenters. The van der Waals surface area contributed by atoms with Crippen LogP contribution < -0.4 is 15.4 Å². The fourth-order valence-corrected chi connectivity index (χ4v) is 2.02. The Bertz CT molecular complexity index is 499. The van der Waals surface area contributed by atoms with Gasteiger partial charge < -0.3 is 20.5 Å². The van der Waals surface area contributed by atoms with Gasteiger partial charge in [-0.15, -0.1) is 0 Å². The monoisotopic (exact) mass is 264 g/mol. The van der Waals surface area contributed by atoms with Gasteiger partial charge in [0.15, 0.2) is 6.61 Å². The molecule has 3 N–H and O–H groups in total. The van der Waals surface area contributed by atoms with Crippen LogP contribution >= 0.6 is 0 Å². The first-order chi connectivity index (χ1) is 8.86. The predicted molar refractivity (Wildman–Crippen MR) is 73.1 cm³/mol. The van der Waals surface area contributed by atoms with Gasteiger partial charge >= 0.3 is 0 Å². The normalized spacial score (nSPS) is 16.9. The number of carbonyl (C=O) groups excluding carboxylic acids is 1. The van der Waals surface area contributed by atoms with Gasteiger partial charge in [0.25, 0.3) is 5.91 Å². The average molecular weight is 264 g/mol. The number of rotatable bonds is 3. The second kappa shape index (κ2) is 4.83. The first kappa shape index (κ1) is 13.8. The molecule has 0 aliphatic carbocycles. The molecule has 104 valence electrons. The number of aliphatic hydroxyl groups is 1. The number of nitrogens with two attached hydrogens (primary N) is 1. The van der Waals surface area contributed by atoms with Gasteiger partial charge in [0.1, 0.15) is 5.75 Å². The molecular formula is C14H20N2O3. The predicted octanol–water partition coefficient (Wildman–Crippen LogP) is 1.06. The minimum absolute atomic E-state index is 0.0553. The van der Waals surface area contributed by atoms with Crippen LogP contribution in [0.1, 0.15) is 25.5 Å². The molecule has 0 saturated carbocycles. The van der Waals surface area contributed by atoms with Gasteiger partial charge in [-0.1, -0.05) is 19.9 Å². The van der Waals surface area contributed by atoms with Crippen molar-refractivity contribution in [1.29, 1.82) is 0 Å². The molecule has 0 radical (unpaired) electrons. The number of likely N-dealkylation sites (N-methyl/N-ethyl adjacent to an activating group) is 1. The lowest BCUT2D eigenvalue weighted by atomic mass is 9.82. The lowest BCUT2D eigenvalue weighted by molar-refractivity contribution is -0.120. The standard InChI is InChI=1S/C14H20N2O3/c1-14(2,8-15)13(18)9-4-5-11-10(6-9)16(3)12(17)7-19-11/h4-6,13,18H,7-8,15H2,1-3H3. The molecule has 0 aromatic heterocycles. The molecule has 5 heteroatoms. The molecule has 1 amide bonds. The number of hydrogen-bond acceptors (Lipinski definition) is 4. The summed E-state index contributed by atoms with van der Waals surface area (Å²) in [6.07, 6.45) is -0.687. The maximum Gasteiger partial charge on any atom is 0.264 e. The third-order valence-electron chi connectivity index (χ3n) is 3.65. The van der Waals surface area contributed by atoms with Gasteiger partial charge in [-0.2, -0.15) is 0 Å². The van der Waals surface area contributed by atoms with Crippen LogP contribution in [0.5, 0.6) is 5.75 Å². The maximum atomic E-state index is 11.6. The van der Waals surface area contributed by atoms with E-state index in [9.17, 15) is 9.90 Å². The van der Waals surface area contributed by atoms with Gasteiger partial charge in [-0.3, -0.25) is 4.79 Å². The topological polar surface area (TPSA) is 75.8 Å². The highest BCUT2D eigenvalue weighted by atomic mass is 16.5. The Balaban J connectivity index is 2.38. The van der Waals surface area contributed by atoms with Gasteiger partial charge in [0.2, 0.25) is 0 Å². The molecule has 1 aromatic rings. The summed E-state index contributed by atoms with van der Waals surface area (Å²) in [5, 5.41) is 10.4. The summed E-state index contributed by atoms with van der Waals surface area (Å²) in [6, 6.07) is 5.38. The fourth-order valence-electron chi connectivity index (χ4n) is 2.02. The van der Waals surface area contributed by atoms with Gasteiger partial charge in [-0.05, 0) is 17.7 Å². The Hall–Kier alpha value is -1.59. The van der Waals surface area contributed by atoms with E-state index < -0.39 is 11.5 Å². The molecule has 1 aromatic carbocycles. The molecule has 0 spiro atoms. The van der Waals surface area contributed by atoms with E-state index >= 15 is 0 Å². The third kappa shape index (κ3) is 2.43. The second-order valence-electron chi connectivity index (χ2n) is 5.56. The average Bonchev–Trinajstić information content (AvgIpc) is 2.42. The lowest BCUT2D eigenvalue weighted by Gasteiger charge is -2.31. The van der Waals surface area contributed by atoms with E-state index in [0.29, 0.717) is 18.0 Å². The van der Waals surface area contributed by atoms with Crippen molar-refractivity contribution in [3.05, 3.63) is 23.8 Å². The molecule has 1 aliphatic rings. The van der Waals surface area contributed by atoms with Gasteiger partial charge in [0, 0.05) is 19.0 Å². The minimum Gasteiger partial charge on any atom is -0.482 e. The zero-order valence-corrected chi connectivity index (χ0v) is 11.5. The van der Waals surface area contributed by atoms with Gasteiger partial charge in [0.05, 0.1) is 11.8 Å². The highest BCUT2D eigenvalue weighted by molar-refractivity contribution is 5.97. The number of carbonyl (C=O) groups is 1. The number of ether oxygens (including phenoxy) is 1. The smallest absolute Gasteiger partial charge is 0.264 e. The van der Waals surface area contributed by atoms with Crippen LogP contribution in [0, 0.1) is 5.41 Å². The number of fused-ring (bicyclic) bond motifs is 1. The molecule has 1 heterocycles. The van der Waals surface area contributed by atoms with Crippen molar-refractivity contribution in [3.8, 4) is 5.75 Å². The zero-order valence-electron chi connectivity index (χ0n) is 11.5. The maximum absolute atomic E-state index is 11.6. The summed E-state index contributed by atoms with van der Waals surface area (Å²) in [6.45, 7) is 4.24. The molecule has 0 bridgehead atoms. The summed E-state index contributed by atoms with van der Waals surface area (Å²) >= 11 is 0. The summed E-state index contributed by atoms with van der Waals surface area (Å²) in [4.78, 5) is 13.2. The Labute approximate surface area is 113 Å². The molecular weight excluding hydrogens is 244 g/mol. The van der Waals surface area contributed by atoms with E-state index in [1.54, 1.807) is 24.1 Å². The lowest BCUT2D eigenvalue weighted by Crippen LogP contribution is -2.36. The highest BCUT2D eigenvalue weighted by Crippen LogP contribution is 2.38. The highest BCUT2D eigenvalue weighted by Gasteiger charge is 2.30. The Kier molecular flexibility index (Phi) is 3.52. The largest absolute Gasteiger partial charge is 0.482 e.